The van der Waals surface area contributed by atoms with Crippen LogP contribution in [-0.2, 0) is 9.53 Å². The predicted octanol–water partition coefficient (Wildman–Crippen LogP) is 2.99. The number of hydrogen-bond donors (Lipinski definition) is 3. The molecule has 2 heterocycles. The highest BCUT2D eigenvalue weighted by atomic mass is 19.1. The topological polar surface area (TPSA) is 109 Å². The average molecular weight is 471 g/mol. The molecular formula is C24H27FN4O5. The number of hydrogen-bond acceptors (Lipinski definition) is 5. The van der Waals surface area contributed by atoms with E-state index in [-0.39, 0.29) is 43.1 Å². The third-order valence-electron chi connectivity index (χ3n) is 6.04. The molecular weight excluding hydrogens is 443 g/mol. The second kappa shape index (κ2) is 10.1. The maximum atomic E-state index is 13.3. The molecule has 4 rings (SSSR count). The Morgan fingerprint density at radius 2 is 1.88 bits per heavy atom. The molecule has 34 heavy (non-hydrogen) atoms. The van der Waals surface area contributed by atoms with E-state index in [1.54, 1.807) is 43.3 Å². The Kier molecular flexibility index (Phi) is 6.97. The van der Waals surface area contributed by atoms with Crippen LogP contribution in [0, 0.1) is 5.82 Å². The predicted molar refractivity (Wildman–Crippen MR) is 123 cm³/mol. The summed E-state index contributed by atoms with van der Waals surface area (Å²) in [6.45, 7) is 0.229. The average Bonchev–Trinajstić information content (AvgIpc) is 2.81. The summed E-state index contributed by atoms with van der Waals surface area (Å²) in [6.07, 6.45) is 1.01. The highest BCUT2D eigenvalue weighted by Gasteiger charge is 2.39. The van der Waals surface area contributed by atoms with Crippen molar-refractivity contribution in [2.24, 2.45) is 0 Å². The van der Waals surface area contributed by atoms with Gasteiger partial charge < -0.3 is 30.3 Å². The number of anilines is 2. The smallest absolute Gasteiger partial charge is 0.323 e. The molecule has 0 saturated carbocycles. The molecule has 4 amide bonds. The molecule has 0 aromatic heterocycles. The number of amides is 4. The summed E-state index contributed by atoms with van der Waals surface area (Å²) >= 11 is 0. The second-order valence-corrected chi connectivity index (χ2v) is 8.35. The summed E-state index contributed by atoms with van der Waals surface area (Å²) in [5.41, 5.74) is 1.01. The van der Waals surface area contributed by atoms with Crippen molar-refractivity contribution in [2.45, 2.75) is 37.5 Å². The molecule has 2 aromatic rings. The third kappa shape index (κ3) is 5.28. The van der Waals surface area contributed by atoms with Crippen LogP contribution in [-0.4, -0.2) is 61.7 Å². The van der Waals surface area contributed by atoms with Crippen LogP contribution in [0.1, 0.15) is 29.6 Å². The maximum absolute atomic E-state index is 13.3. The molecule has 2 aliphatic rings. The summed E-state index contributed by atoms with van der Waals surface area (Å²) in [6, 6.07) is 9.56. The first-order chi connectivity index (χ1) is 16.3. The molecule has 1 fully saturated rings. The van der Waals surface area contributed by atoms with Crippen molar-refractivity contribution in [1.82, 2.24) is 10.2 Å². The van der Waals surface area contributed by atoms with Gasteiger partial charge in [0.2, 0.25) is 5.91 Å². The fraction of sp³-hybridized carbons (Fsp3) is 0.375. The zero-order chi connectivity index (χ0) is 24.2. The minimum Gasteiger partial charge on any atom is -0.490 e. The van der Waals surface area contributed by atoms with E-state index in [1.165, 1.54) is 18.2 Å². The van der Waals surface area contributed by atoms with Crippen LogP contribution < -0.4 is 20.7 Å². The second-order valence-electron chi connectivity index (χ2n) is 8.35. The molecule has 2 aliphatic heterocycles. The van der Waals surface area contributed by atoms with Crippen molar-refractivity contribution in [3.05, 3.63) is 53.8 Å². The van der Waals surface area contributed by atoms with E-state index in [4.69, 9.17) is 9.47 Å². The summed E-state index contributed by atoms with van der Waals surface area (Å²) in [5.74, 6) is -0.434. The van der Waals surface area contributed by atoms with E-state index >= 15 is 0 Å². The van der Waals surface area contributed by atoms with Gasteiger partial charge in [-0.1, -0.05) is 6.07 Å². The van der Waals surface area contributed by atoms with E-state index in [1.807, 2.05) is 0 Å². The van der Waals surface area contributed by atoms with Gasteiger partial charge in [-0.25, -0.2) is 9.18 Å². The van der Waals surface area contributed by atoms with Crippen LogP contribution in [0.5, 0.6) is 5.75 Å². The highest BCUT2D eigenvalue weighted by molar-refractivity contribution is 6.02. The van der Waals surface area contributed by atoms with Crippen molar-refractivity contribution >= 4 is 29.2 Å². The summed E-state index contributed by atoms with van der Waals surface area (Å²) in [4.78, 5) is 39.0. The molecule has 10 heteroatoms. The molecule has 2 aromatic carbocycles. The Hall–Kier alpha value is -3.66. The monoisotopic (exact) mass is 470 g/mol. The van der Waals surface area contributed by atoms with Gasteiger partial charge >= 0.3 is 6.03 Å². The SMILES string of the molecule is CNC(=O)C[C@H]1CC[C@@H]2[C@H](COc3ccc(NC(=O)Nc4cccc(F)c4)cc3C(=O)N2C)O1. The first-order valence-electron chi connectivity index (χ1n) is 11.1. The molecule has 3 atom stereocenters. The highest BCUT2D eigenvalue weighted by Crippen LogP contribution is 2.32. The molecule has 0 aliphatic carbocycles. The van der Waals surface area contributed by atoms with E-state index in [9.17, 15) is 18.8 Å². The van der Waals surface area contributed by atoms with Gasteiger partial charge in [-0.3, -0.25) is 9.59 Å². The van der Waals surface area contributed by atoms with Gasteiger partial charge in [0.1, 0.15) is 24.3 Å². The minimum absolute atomic E-state index is 0.0912. The van der Waals surface area contributed by atoms with Crippen LogP contribution >= 0.6 is 0 Å². The number of ether oxygens (including phenoxy) is 2. The number of nitrogens with one attached hydrogen (secondary N) is 3. The van der Waals surface area contributed by atoms with E-state index in [0.717, 1.165) is 0 Å². The quantitative estimate of drug-likeness (QED) is 0.637. The lowest BCUT2D eigenvalue weighted by molar-refractivity contribution is -0.133. The lowest BCUT2D eigenvalue weighted by Crippen LogP contribution is -2.53. The molecule has 180 valence electrons. The number of halogens is 1. The third-order valence-corrected chi connectivity index (χ3v) is 6.04. The number of benzene rings is 2. The number of carbonyl (C=O) groups is 3. The number of rotatable bonds is 4. The maximum Gasteiger partial charge on any atom is 0.323 e. The van der Waals surface area contributed by atoms with Gasteiger partial charge in [-0.05, 0) is 49.2 Å². The number of fused-ring (bicyclic) bond motifs is 2. The Morgan fingerprint density at radius 1 is 1.12 bits per heavy atom. The summed E-state index contributed by atoms with van der Waals surface area (Å²) in [7, 11) is 3.30. The van der Waals surface area contributed by atoms with Gasteiger partial charge in [-0.2, -0.15) is 0 Å². The van der Waals surface area contributed by atoms with Gasteiger partial charge in [0.15, 0.2) is 0 Å². The van der Waals surface area contributed by atoms with Crippen molar-refractivity contribution in [2.75, 3.05) is 31.3 Å². The number of likely N-dealkylation sites (N-methyl/N-ethyl adjacent to an activating group) is 1. The number of nitrogens with zero attached hydrogens (tertiary/aromatic N) is 1. The largest absolute Gasteiger partial charge is 0.490 e. The molecule has 1 saturated heterocycles. The van der Waals surface area contributed by atoms with E-state index < -0.39 is 11.8 Å². The first kappa shape index (κ1) is 23.5. The first-order valence-corrected chi connectivity index (χ1v) is 11.1. The van der Waals surface area contributed by atoms with Crippen molar-refractivity contribution in [3.63, 3.8) is 0 Å². The van der Waals surface area contributed by atoms with Gasteiger partial charge in [0, 0.05) is 25.5 Å². The Morgan fingerprint density at radius 3 is 2.62 bits per heavy atom. The van der Waals surface area contributed by atoms with Crippen LogP contribution in [0.4, 0.5) is 20.6 Å². The molecule has 9 nitrogen and oxygen atoms in total. The van der Waals surface area contributed by atoms with E-state index in [2.05, 4.69) is 16.0 Å². The van der Waals surface area contributed by atoms with Crippen molar-refractivity contribution in [3.8, 4) is 5.75 Å². The lowest BCUT2D eigenvalue weighted by atomic mass is 9.94. The standard InChI is InChI=1S/C24H27FN4O5/c1-26-22(30)12-17-7-8-19-21(34-17)13-33-20-9-6-16(11-18(20)23(31)29(19)2)28-24(32)27-15-5-3-4-14(25)10-15/h3-6,9-11,17,19,21H,7-8,12-13H2,1-2H3,(H,26,30)(H2,27,28,32)/t17-,19-,21+/m1/s1. The van der Waals surface area contributed by atoms with Crippen LogP contribution in [0.15, 0.2) is 42.5 Å². The minimum atomic E-state index is -0.569. The Labute approximate surface area is 196 Å². The van der Waals surface area contributed by atoms with Crippen LogP contribution in [0.25, 0.3) is 0 Å². The van der Waals surface area contributed by atoms with Crippen LogP contribution in [0.2, 0.25) is 0 Å². The zero-order valence-electron chi connectivity index (χ0n) is 19.0. The van der Waals surface area contributed by atoms with E-state index in [0.29, 0.717) is 35.5 Å². The van der Waals surface area contributed by atoms with Crippen molar-refractivity contribution in [1.29, 1.82) is 0 Å². The molecule has 0 bridgehead atoms. The zero-order valence-corrected chi connectivity index (χ0v) is 19.0. The van der Waals surface area contributed by atoms with Gasteiger partial charge in [0.25, 0.3) is 5.91 Å². The molecule has 0 unspecified atom stereocenters. The van der Waals surface area contributed by atoms with Gasteiger partial charge in [0.05, 0.1) is 24.1 Å². The number of carbonyl (C=O) groups excluding carboxylic acids is 3. The summed E-state index contributed by atoms with van der Waals surface area (Å²) < 4.78 is 25.4. The normalized spacial score (nSPS) is 21.8. The summed E-state index contributed by atoms with van der Waals surface area (Å²) in [5, 5.41) is 7.81. The molecule has 3 N–H and O–H groups in total. The fourth-order valence-electron chi connectivity index (χ4n) is 4.27. The van der Waals surface area contributed by atoms with Crippen LogP contribution in [0.3, 0.4) is 0 Å². The van der Waals surface area contributed by atoms with Crippen molar-refractivity contribution < 1.29 is 28.2 Å². The Bertz CT molecular complexity index is 1090. The fourth-order valence-corrected chi connectivity index (χ4v) is 4.27. The molecule has 0 radical (unpaired) electrons. The lowest BCUT2D eigenvalue weighted by Gasteiger charge is -2.42. The Balaban J connectivity index is 1.47. The number of urea groups is 1. The van der Waals surface area contributed by atoms with Gasteiger partial charge in [-0.15, -0.1) is 0 Å². The molecule has 0 spiro atoms.